The van der Waals surface area contributed by atoms with Crippen LogP contribution in [-0.4, -0.2) is 105 Å². The van der Waals surface area contributed by atoms with Crippen molar-refractivity contribution < 1.29 is 27.1 Å². The van der Waals surface area contributed by atoms with Crippen LogP contribution in [0, 0.1) is 12.7 Å². The van der Waals surface area contributed by atoms with Gasteiger partial charge in [-0.15, -0.1) is 0 Å². The van der Waals surface area contributed by atoms with Gasteiger partial charge in [-0.1, -0.05) is 13.3 Å². The summed E-state index contributed by atoms with van der Waals surface area (Å²) < 4.78 is 53.6. The minimum atomic E-state index is -3.65. The predicted molar refractivity (Wildman–Crippen MR) is 185 cm³/mol. The van der Waals surface area contributed by atoms with Crippen molar-refractivity contribution in [3.8, 4) is 5.88 Å². The zero-order chi connectivity index (χ0) is 34.3. The number of likely N-dealkylation sites (tertiary alicyclic amines) is 2. The van der Waals surface area contributed by atoms with Crippen molar-refractivity contribution in [1.82, 2.24) is 19.7 Å². The molecule has 0 saturated carbocycles. The molecule has 0 unspecified atom stereocenters. The molecule has 3 fully saturated rings. The quantitative estimate of drug-likeness (QED) is 0.320. The molecule has 0 atom stereocenters. The number of aromatic nitrogens is 1. The Morgan fingerprint density at radius 3 is 2.56 bits per heavy atom. The van der Waals surface area contributed by atoms with E-state index >= 15 is 4.39 Å². The highest BCUT2D eigenvalue weighted by Gasteiger charge is 2.30. The van der Waals surface area contributed by atoms with Crippen LogP contribution in [0.5, 0.6) is 5.88 Å². The summed E-state index contributed by atoms with van der Waals surface area (Å²) >= 11 is 0. The molecule has 3 aliphatic rings. The number of hydrogen-bond acceptors (Lipinski definition) is 9. The number of piperidine rings is 2. The highest BCUT2D eigenvalue weighted by atomic mass is 32.2. The Bertz CT molecular complexity index is 1620. The molecule has 5 rings (SSSR count). The fourth-order valence-electron chi connectivity index (χ4n) is 6.71. The van der Waals surface area contributed by atoms with E-state index in [1.165, 1.54) is 13.2 Å². The van der Waals surface area contributed by atoms with Crippen LogP contribution < -0.4 is 9.46 Å². The van der Waals surface area contributed by atoms with Crippen molar-refractivity contribution in [2.45, 2.75) is 71.4 Å². The summed E-state index contributed by atoms with van der Waals surface area (Å²) in [7, 11) is -2.23. The van der Waals surface area contributed by atoms with Gasteiger partial charge in [-0.25, -0.2) is 22.8 Å². The number of nitrogens with zero attached hydrogens (tertiary/aromatic N) is 5. The third-order valence-corrected chi connectivity index (χ3v) is 9.87. The zero-order valence-corrected chi connectivity index (χ0v) is 29.5. The summed E-state index contributed by atoms with van der Waals surface area (Å²) in [5.41, 5.74) is 3.51. The van der Waals surface area contributed by atoms with E-state index in [-0.39, 0.29) is 29.3 Å². The number of carbonyl (C=O) groups excluding carboxylic acids is 1. The van der Waals surface area contributed by atoms with Crippen LogP contribution in [0.25, 0.3) is 0 Å². The number of nitrogens with one attached hydrogen (secondary N) is 1. The molecule has 3 aliphatic heterocycles. The minimum absolute atomic E-state index is 0.116. The standard InChI is InChI=1S/C35H49FN6O5S/c1-5-6-9-32(41-16-18-47-19-17-41)38-34(26-21-31(39-48(4,44)45)35(46-3)37-23-26)30-22-28(36)20-27(25(30)2)24-40-14-11-29(12-15-40)42-13-8-7-10-33(42)43/h9,20-23,29,39H,5-8,10-19,24H2,1-4H3/b32-9-,38-34-. The first-order chi connectivity index (χ1) is 23.1. The summed E-state index contributed by atoms with van der Waals surface area (Å²) in [5.74, 6) is 0.755. The molecule has 3 saturated heterocycles. The lowest BCUT2D eigenvalue weighted by Gasteiger charge is -2.40. The number of ether oxygens (including phenoxy) is 2. The van der Waals surface area contributed by atoms with Crippen LogP contribution in [0.2, 0.25) is 0 Å². The average molecular weight is 685 g/mol. The average Bonchev–Trinajstić information content (AvgIpc) is 3.07. The van der Waals surface area contributed by atoms with E-state index in [4.69, 9.17) is 14.5 Å². The smallest absolute Gasteiger partial charge is 0.238 e. The van der Waals surface area contributed by atoms with Gasteiger partial charge in [0.25, 0.3) is 0 Å². The molecule has 0 aliphatic carbocycles. The van der Waals surface area contributed by atoms with Crippen LogP contribution >= 0.6 is 0 Å². The maximum atomic E-state index is 15.6. The van der Waals surface area contributed by atoms with Gasteiger partial charge in [0.05, 0.1) is 32.3 Å². The first kappa shape index (κ1) is 35.7. The van der Waals surface area contributed by atoms with Gasteiger partial charge in [-0.05, 0) is 74.4 Å². The lowest BCUT2D eigenvalue weighted by Crippen LogP contribution is -2.48. The number of allylic oxidation sites excluding steroid dienone is 1. The number of sulfonamides is 1. The molecule has 0 bridgehead atoms. The van der Waals surface area contributed by atoms with E-state index in [2.05, 4.69) is 37.4 Å². The number of halogens is 1. The summed E-state index contributed by atoms with van der Waals surface area (Å²) in [6.45, 7) is 9.63. The number of methoxy groups -OCH3 is 1. The summed E-state index contributed by atoms with van der Waals surface area (Å²) in [6.07, 6.45) is 11.0. The number of benzene rings is 1. The first-order valence-electron chi connectivity index (χ1n) is 17.0. The number of unbranched alkanes of at least 4 members (excludes halogenated alkanes) is 1. The molecule has 48 heavy (non-hydrogen) atoms. The normalized spacial score (nSPS) is 19.1. The monoisotopic (exact) mass is 684 g/mol. The Kier molecular flexibility index (Phi) is 12.1. The highest BCUT2D eigenvalue weighted by Crippen LogP contribution is 2.30. The number of carbonyl (C=O) groups is 1. The van der Waals surface area contributed by atoms with Crippen molar-refractivity contribution in [2.75, 3.05) is 64.0 Å². The highest BCUT2D eigenvalue weighted by molar-refractivity contribution is 7.92. The lowest BCUT2D eigenvalue weighted by molar-refractivity contribution is -0.136. The van der Waals surface area contributed by atoms with Crippen molar-refractivity contribution in [2.24, 2.45) is 4.99 Å². The molecule has 1 N–H and O–H groups in total. The fourth-order valence-corrected chi connectivity index (χ4v) is 7.26. The van der Waals surface area contributed by atoms with Crippen LogP contribution in [0.1, 0.15) is 74.1 Å². The second kappa shape index (κ2) is 16.2. The number of hydrogen-bond donors (Lipinski definition) is 1. The number of morpholine rings is 1. The van der Waals surface area contributed by atoms with Gasteiger partial charge in [-0.3, -0.25) is 14.4 Å². The Morgan fingerprint density at radius 2 is 1.90 bits per heavy atom. The second-order valence-corrected chi connectivity index (χ2v) is 14.6. The van der Waals surface area contributed by atoms with Crippen molar-refractivity contribution in [1.29, 1.82) is 0 Å². The third kappa shape index (κ3) is 9.12. The number of amides is 1. The zero-order valence-electron chi connectivity index (χ0n) is 28.6. The largest absolute Gasteiger partial charge is 0.480 e. The molecule has 11 nitrogen and oxygen atoms in total. The van der Waals surface area contributed by atoms with Gasteiger partial charge in [0.2, 0.25) is 21.8 Å². The van der Waals surface area contributed by atoms with E-state index < -0.39 is 10.0 Å². The van der Waals surface area contributed by atoms with Gasteiger partial charge >= 0.3 is 0 Å². The molecule has 1 aromatic carbocycles. The van der Waals surface area contributed by atoms with Gasteiger partial charge < -0.3 is 19.3 Å². The summed E-state index contributed by atoms with van der Waals surface area (Å²) in [6, 6.07) is 4.99. The maximum Gasteiger partial charge on any atom is 0.238 e. The van der Waals surface area contributed by atoms with Crippen LogP contribution in [0.3, 0.4) is 0 Å². The first-order valence-corrected chi connectivity index (χ1v) is 18.9. The molecular formula is C35H49FN6O5S. The lowest BCUT2D eigenvalue weighted by atomic mass is 9.93. The van der Waals surface area contributed by atoms with Gasteiger partial charge in [-0.2, -0.15) is 0 Å². The topological polar surface area (TPSA) is 117 Å². The predicted octanol–water partition coefficient (Wildman–Crippen LogP) is 4.70. The van der Waals surface area contributed by atoms with Gasteiger partial charge in [0, 0.05) is 69.1 Å². The molecular weight excluding hydrogens is 635 g/mol. The van der Waals surface area contributed by atoms with Crippen LogP contribution in [0.15, 0.2) is 41.3 Å². The number of anilines is 1. The molecule has 0 radical (unpaired) electrons. The van der Waals surface area contributed by atoms with E-state index in [0.717, 1.165) is 81.4 Å². The summed E-state index contributed by atoms with van der Waals surface area (Å²) in [5, 5.41) is 0. The van der Waals surface area contributed by atoms with Crippen LogP contribution in [0.4, 0.5) is 10.1 Å². The Morgan fingerprint density at radius 1 is 1.15 bits per heavy atom. The molecule has 1 amide bonds. The number of aliphatic imine (C=N–C) groups is 1. The molecule has 2 aromatic rings. The SMILES string of the molecule is CCC/C=C(/N=C(/c1cnc(OC)c(NS(C)(=O)=O)c1)c1cc(F)cc(CN2CCC(N3CCCCC3=O)CC2)c1C)N1CCOCC1. The maximum absolute atomic E-state index is 15.6. The van der Waals surface area contributed by atoms with Crippen molar-refractivity contribution in [3.63, 3.8) is 0 Å². The fraction of sp³-hybridized carbons (Fsp3) is 0.571. The van der Waals surface area contributed by atoms with Crippen molar-refractivity contribution in [3.05, 3.63) is 64.4 Å². The van der Waals surface area contributed by atoms with Crippen molar-refractivity contribution >= 4 is 27.3 Å². The third-order valence-electron chi connectivity index (χ3n) is 9.28. The minimum Gasteiger partial charge on any atom is -0.480 e. The van der Waals surface area contributed by atoms with E-state index in [1.807, 2.05) is 6.92 Å². The van der Waals surface area contributed by atoms with E-state index in [1.54, 1.807) is 18.3 Å². The molecule has 13 heteroatoms. The Labute approximate surface area is 284 Å². The molecule has 4 heterocycles. The van der Waals surface area contributed by atoms with E-state index in [0.29, 0.717) is 56.1 Å². The van der Waals surface area contributed by atoms with Gasteiger partial charge in [0.15, 0.2) is 0 Å². The van der Waals surface area contributed by atoms with Crippen LogP contribution in [-0.2, 0) is 26.1 Å². The number of pyridine rings is 1. The second-order valence-electron chi connectivity index (χ2n) is 12.9. The Hall–Kier alpha value is -3.55. The molecule has 1 aromatic heterocycles. The number of rotatable bonds is 12. The molecule has 262 valence electrons. The van der Waals surface area contributed by atoms with Gasteiger partial charge in [0.1, 0.15) is 17.3 Å². The summed E-state index contributed by atoms with van der Waals surface area (Å²) in [4.78, 5) is 28.7. The Balaban J connectivity index is 1.52. The molecule has 0 spiro atoms. The van der Waals surface area contributed by atoms with E-state index in [9.17, 15) is 13.2 Å².